The van der Waals surface area contributed by atoms with Crippen molar-refractivity contribution in [2.24, 2.45) is 11.8 Å². The van der Waals surface area contributed by atoms with Gasteiger partial charge in [0.2, 0.25) is 5.91 Å². The molecular formula is C29H37N7O4Si. The summed E-state index contributed by atoms with van der Waals surface area (Å²) in [5.41, 5.74) is 0.0150. The first kappa shape index (κ1) is 19.5. The highest BCUT2D eigenvalue weighted by atomic mass is 28.3. The number of nitrogens with zero attached hydrogens (tertiary/aromatic N) is 6. The number of carbonyl (C=O) groups is 1. The summed E-state index contributed by atoms with van der Waals surface area (Å²) in [6.45, 7) is -3.69. The number of aromatic nitrogens is 5. The SMILES string of the molecule is [2H]C1([2H])OC([2H])([2H])C([2H])([2H])N(c2ccc3nc(-c4cn(COCC[Si](C)(C)C)c(=O)c5cnc(NC(=O)[C@H]6C[C@H]6C)cc45)nn3c2)C1([2H])[2H]. The Morgan fingerprint density at radius 2 is 2.00 bits per heavy atom. The minimum absolute atomic E-state index is 0.0486. The normalized spacial score (nSPS) is 27.0. The van der Waals surface area contributed by atoms with Crippen LogP contribution < -0.4 is 15.8 Å². The zero-order valence-corrected chi connectivity index (χ0v) is 24.3. The van der Waals surface area contributed by atoms with Gasteiger partial charge in [-0.25, -0.2) is 14.5 Å². The second-order valence-corrected chi connectivity index (χ2v) is 17.2. The molecule has 2 aliphatic rings. The summed E-state index contributed by atoms with van der Waals surface area (Å²) >= 11 is 0. The molecular weight excluding hydrogens is 538 g/mol. The maximum atomic E-state index is 13.6. The number of nitrogens with one attached hydrogen (secondary N) is 1. The van der Waals surface area contributed by atoms with E-state index in [0.29, 0.717) is 22.5 Å². The lowest BCUT2D eigenvalue weighted by Gasteiger charge is -2.28. The Balaban J connectivity index is 1.44. The summed E-state index contributed by atoms with van der Waals surface area (Å²) < 4.78 is 78.9. The van der Waals surface area contributed by atoms with Gasteiger partial charge in [-0.15, -0.1) is 5.10 Å². The number of ether oxygens (including phenoxy) is 2. The van der Waals surface area contributed by atoms with Crippen LogP contribution in [0.5, 0.6) is 0 Å². The van der Waals surface area contributed by atoms with Crippen molar-refractivity contribution in [3.8, 4) is 11.4 Å². The van der Waals surface area contributed by atoms with Gasteiger partial charge in [0.05, 0.1) is 41.4 Å². The summed E-state index contributed by atoms with van der Waals surface area (Å²) in [6.07, 6.45) is 4.92. The Labute approximate surface area is 250 Å². The second kappa shape index (κ2) is 11.0. The van der Waals surface area contributed by atoms with E-state index in [1.54, 1.807) is 12.3 Å². The van der Waals surface area contributed by atoms with Gasteiger partial charge in [-0.3, -0.25) is 14.2 Å². The number of fused-ring (bicyclic) bond motifs is 2. The third-order valence-corrected chi connectivity index (χ3v) is 8.83. The Morgan fingerprint density at radius 1 is 1.22 bits per heavy atom. The maximum Gasteiger partial charge on any atom is 0.261 e. The molecule has 1 amide bonds. The Hall–Kier alpha value is -3.61. The van der Waals surface area contributed by atoms with Gasteiger partial charge in [0.1, 0.15) is 12.5 Å². The van der Waals surface area contributed by atoms with Crippen LogP contribution in [0.1, 0.15) is 24.3 Å². The molecule has 0 radical (unpaired) electrons. The highest BCUT2D eigenvalue weighted by Gasteiger charge is 2.39. The lowest BCUT2D eigenvalue weighted by molar-refractivity contribution is -0.117. The van der Waals surface area contributed by atoms with Gasteiger partial charge >= 0.3 is 0 Å². The minimum Gasteiger partial charge on any atom is -0.378 e. The summed E-state index contributed by atoms with van der Waals surface area (Å²) in [5.74, 6) is 0.363. The number of rotatable bonds is 9. The average molecular weight is 584 g/mol. The smallest absolute Gasteiger partial charge is 0.261 e. The predicted octanol–water partition coefficient (Wildman–Crippen LogP) is 3.85. The van der Waals surface area contributed by atoms with Crippen molar-refractivity contribution in [1.82, 2.24) is 24.1 Å². The second-order valence-electron chi connectivity index (χ2n) is 11.6. The number of hydrogen-bond donors (Lipinski definition) is 1. The lowest BCUT2D eigenvalue weighted by atomic mass is 10.1. The van der Waals surface area contributed by atoms with E-state index in [2.05, 4.69) is 44.8 Å². The van der Waals surface area contributed by atoms with E-state index in [1.165, 1.54) is 33.6 Å². The molecule has 0 spiro atoms. The van der Waals surface area contributed by atoms with E-state index < -0.39 is 34.2 Å². The third kappa shape index (κ3) is 6.04. The third-order valence-electron chi connectivity index (χ3n) is 7.13. The maximum absolute atomic E-state index is 13.6. The highest BCUT2D eigenvalue weighted by Crippen LogP contribution is 2.38. The fraction of sp³-hybridized carbons (Fsp3) is 0.483. The van der Waals surface area contributed by atoms with Crippen molar-refractivity contribution in [3.05, 3.63) is 47.1 Å². The predicted molar refractivity (Wildman–Crippen MR) is 161 cm³/mol. The van der Waals surface area contributed by atoms with Crippen LogP contribution >= 0.6 is 0 Å². The fourth-order valence-electron chi connectivity index (χ4n) is 4.52. The van der Waals surface area contributed by atoms with Crippen molar-refractivity contribution in [3.63, 3.8) is 0 Å². The summed E-state index contributed by atoms with van der Waals surface area (Å²) in [6, 6.07) is 5.15. The topological polar surface area (TPSA) is 116 Å². The van der Waals surface area contributed by atoms with Crippen LogP contribution in [0, 0.1) is 11.8 Å². The monoisotopic (exact) mass is 583 g/mol. The van der Waals surface area contributed by atoms with Crippen LogP contribution in [0.2, 0.25) is 25.7 Å². The Kier molecular flexibility index (Phi) is 5.23. The molecule has 0 unspecified atom stereocenters. The van der Waals surface area contributed by atoms with E-state index in [-0.39, 0.29) is 58.4 Å². The van der Waals surface area contributed by atoms with Crippen molar-refractivity contribution >= 4 is 41.9 Å². The van der Waals surface area contributed by atoms with Gasteiger partial charge in [-0.05, 0) is 36.6 Å². The fourth-order valence-corrected chi connectivity index (χ4v) is 5.27. The van der Waals surface area contributed by atoms with Gasteiger partial charge in [0.25, 0.3) is 5.56 Å². The van der Waals surface area contributed by atoms with Crippen LogP contribution in [-0.4, -0.2) is 70.8 Å². The molecule has 1 aliphatic carbocycles. The molecule has 216 valence electrons. The molecule has 0 bridgehead atoms. The number of amides is 1. The van der Waals surface area contributed by atoms with E-state index in [4.69, 9.17) is 15.7 Å². The zero-order valence-electron chi connectivity index (χ0n) is 31.3. The quantitative estimate of drug-likeness (QED) is 0.233. The molecule has 41 heavy (non-hydrogen) atoms. The van der Waals surface area contributed by atoms with Crippen molar-refractivity contribution < 1.29 is 25.2 Å². The first-order chi connectivity index (χ1) is 22.6. The van der Waals surface area contributed by atoms with Gasteiger partial charge in [0, 0.05) is 56.9 Å². The number of pyridine rings is 3. The number of hydrogen-bond acceptors (Lipinski definition) is 8. The largest absolute Gasteiger partial charge is 0.378 e. The van der Waals surface area contributed by atoms with E-state index in [1.807, 2.05) is 6.92 Å². The molecule has 6 rings (SSSR count). The van der Waals surface area contributed by atoms with Crippen LogP contribution in [-0.2, 0) is 21.0 Å². The molecule has 2 atom stereocenters. The highest BCUT2D eigenvalue weighted by molar-refractivity contribution is 6.76. The first-order valence-corrected chi connectivity index (χ1v) is 17.1. The van der Waals surface area contributed by atoms with Crippen LogP contribution in [0.4, 0.5) is 11.5 Å². The molecule has 4 aromatic rings. The van der Waals surface area contributed by atoms with Crippen molar-refractivity contribution in [2.75, 3.05) is 42.9 Å². The van der Waals surface area contributed by atoms with Gasteiger partial charge in [-0.2, -0.15) is 0 Å². The molecule has 2 fully saturated rings. The molecule has 0 aromatic carbocycles. The number of anilines is 2. The molecule has 11 nitrogen and oxygen atoms in total. The van der Waals surface area contributed by atoms with E-state index in [0.717, 1.165) is 12.5 Å². The van der Waals surface area contributed by atoms with Crippen LogP contribution in [0.15, 0.2) is 41.6 Å². The lowest BCUT2D eigenvalue weighted by Crippen LogP contribution is -2.36. The molecule has 1 saturated carbocycles. The zero-order chi connectivity index (χ0) is 35.9. The van der Waals surface area contributed by atoms with Crippen LogP contribution in [0.3, 0.4) is 0 Å². The van der Waals surface area contributed by atoms with Gasteiger partial charge in [0.15, 0.2) is 11.5 Å². The van der Waals surface area contributed by atoms with Crippen molar-refractivity contribution in [1.29, 1.82) is 0 Å². The Bertz CT molecular complexity index is 1990. The number of carbonyl (C=O) groups excluding carboxylic acids is 1. The molecule has 1 aliphatic heterocycles. The summed E-state index contributed by atoms with van der Waals surface area (Å²) in [4.78, 5) is 35.6. The van der Waals surface area contributed by atoms with Gasteiger partial charge < -0.3 is 19.7 Å². The molecule has 12 heteroatoms. The first-order valence-electron chi connectivity index (χ1n) is 17.4. The standard InChI is InChI=1S/C29H37N7O4Si/c1-19-13-21(19)28(37)31-25-14-22-23(15-30-25)29(38)35(18-40-11-12-41(2,3)4)17-24(22)27-32-26-6-5-20(16-36(26)33-27)34-7-9-39-10-8-34/h5-6,14-17,19,21H,7-13,18H2,1-4H3,(H,30,31,37)/t19-,21+/m1/s1/i7D2,8D2,9D2,10D2. The molecule has 1 saturated heterocycles. The molecule has 1 N–H and O–H groups in total. The van der Waals surface area contributed by atoms with E-state index >= 15 is 0 Å². The summed E-state index contributed by atoms with van der Waals surface area (Å²) in [7, 11) is -1.39. The summed E-state index contributed by atoms with van der Waals surface area (Å²) in [5, 5.41) is 8.00. The molecule has 4 aromatic heterocycles. The van der Waals surface area contributed by atoms with E-state index in [9.17, 15) is 9.59 Å². The Morgan fingerprint density at radius 3 is 2.73 bits per heavy atom. The van der Waals surface area contributed by atoms with Crippen LogP contribution in [0.25, 0.3) is 27.8 Å². The van der Waals surface area contributed by atoms with Gasteiger partial charge in [-0.1, -0.05) is 26.6 Å². The molecule has 5 heterocycles. The average Bonchev–Trinajstić information content (AvgIpc) is 3.57. The number of morpholine rings is 1. The van der Waals surface area contributed by atoms with Crippen molar-refractivity contribution in [2.45, 2.75) is 45.8 Å². The minimum atomic E-state index is -3.23.